The van der Waals surface area contributed by atoms with E-state index in [-0.39, 0.29) is 31.0 Å². The van der Waals surface area contributed by atoms with E-state index in [0.29, 0.717) is 19.0 Å². The molecular formula is C22H26F2N4O4S. The van der Waals surface area contributed by atoms with Gasteiger partial charge in [-0.2, -0.15) is 4.31 Å². The number of halogens is 2. The first-order valence-corrected chi connectivity index (χ1v) is 12.1. The maximum absolute atomic E-state index is 13.7. The van der Waals surface area contributed by atoms with Crippen LogP contribution in [0.2, 0.25) is 0 Å². The highest BCUT2D eigenvalue weighted by atomic mass is 32.2. The van der Waals surface area contributed by atoms with E-state index in [2.05, 4.69) is 5.32 Å². The summed E-state index contributed by atoms with van der Waals surface area (Å²) in [6, 6.07) is 9.52. The Morgan fingerprint density at radius 3 is 2.39 bits per heavy atom. The van der Waals surface area contributed by atoms with Gasteiger partial charge in [0.1, 0.15) is 11.6 Å². The highest BCUT2D eigenvalue weighted by Crippen LogP contribution is 2.23. The number of nitrogens with one attached hydrogen (secondary N) is 1. The van der Waals surface area contributed by atoms with Gasteiger partial charge in [0.05, 0.1) is 5.75 Å². The number of nitrogens with zero attached hydrogens (tertiary/aromatic N) is 2. The molecule has 8 nitrogen and oxygen atoms in total. The van der Waals surface area contributed by atoms with Crippen molar-refractivity contribution in [1.82, 2.24) is 14.5 Å². The largest absolute Gasteiger partial charge is 0.349 e. The molecule has 1 aliphatic heterocycles. The van der Waals surface area contributed by atoms with Crippen molar-refractivity contribution in [3.8, 4) is 0 Å². The van der Waals surface area contributed by atoms with Gasteiger partial charge in [-0.1, -0.05) is 31.2 Å². The second-order valence-corrected chi connectivity index (χ2v) is 9.74. The summed E-state index contributed by atoms with van der Waals surface area (Å²) in [7, 11) is -3.85. The predicted molar refractivity (Wildman–Crippen MR) is 118 cm³/mol. The molecule has 0 aliphatic carbocycles. The van der Waals surface area contributed by atoms with E-state index >= 15 is 0 Å². The van der Waals surface area contributed by atoms with E-state index in [0.717, 1.165) is 32.5 Å². The molecule has 3 rings (SSSR count). The van der Waals surface area contributed by atoms with Gasteiger partial charge in [0.15, 0.2) is 6.17 Å². The molecule has 178 valence electrons. The fourth-order valence-corrected chi connectivity index (χ4v) is 5.37. The Morgan fingerprint density at radius 1 is 1.09 bits per heavy atom. The lowest BCUT2D eigenvalue weighted by molar-refractivity contribution is -0.127. The third-order valence-electron chi connectivity index (χ3n) is 5.25. The van der Waals surface area contributed by atoms with Gasteiger partial charge < -0.3 is 16.0 Å². The number of carbonyl (C=O) groups excluding carboxylic acids is 2. The van der Waals surface area contributed by atoms with Crippen LogP contribution in [0.5, 0.6) is 0 Å². The average Bonchev–Trinajstić information content (AvgIpc) is 3.22. The monoisotopic (exact) mass is 480 g/mol. The van der Waals surface area contributed by atoms with Crippen LogP contribution in [-0.2, 0) is 27.9 Å². The van der Waals surface area contributed by atoms with Crippen molar-refractivity contribution < 1.29 is 26.8 Å². The topological polar surface area (TPSA) is 113 Å². The summed E-state index contributed by atoms with van der Waals surface area (Å²) >= 11 is 0. The molecule has 0 aromatic heterocycles. The molecule has 2 aromatic carbocycles. The normalized spacial score (nSPS) is 16.7. The fraction of sp³-hybridized carbons (Fsp3) is 0.364. The number of sulfonamides is 1. The molecule has 1 unspecified atom stereocenters. The Balaban J connectivity index is 1.88. The van der Waals surface area contributed by atoms with Gasteiger partial charge in [-0.3, -0.25) is 9.59 Å². The molecule has 11 heteroatoms. The number of amides is 2. The van der Waals surface area contributed by atoms with Crippen molar-refractivity contribution in [2.24, 2.45) is 5.73 Å². The predicted octanol–water partition coefficient (Wildman–Crippen LogP) is 1.56. The summed E-state index contributed by atoms with van der Waals surface area (Å²) in [6.07, 6.45) is -1.15. The Morgan fingerprint density at radius 2 is 1.76 bits per heavy atom. The van der Waals surface area contributed by atoms with Crippen LogP contribution in [0.1, 0.15) is 34.8 Å². The SMILES string of the molecule is CCCS(=O)(=O)N1CCN(C(=O)c2cc(F)cc(F)c2)C1C(=O)NCc1cccc(CN)c1. The Kier molecular flexibility index (Phi) is 7.77. The van der Waals surface area contributed by atoms with E-state index < -0.39 is 39.6 Å². The number of carbonyl (C=O) groups is 2. The maximum Gasteiger partial charge on any atom is 0.259 e. The van der Waals surface area contributed by atoms with Crippen LogP contribution in [-0.4, -0.2) is 54.4 Å². The van der Waals surface area contributed by atoms with E-state index in [4.69, 9.17) is 5.73 Å². The van der Waals surface area contributed by atoms with E-state index in [9.17, 15) is 26.8 Å². The molecular weight excluding hydrogens is 454 g/mol. The first-order chi connectivity index (χ1) is 15.7. The molecule has 1 atom stereocenters. The van der Waals surface area contributed by atoms with Crippen LogP contribution >= 0.6 is 0 Å². The number of benzene rings is 2. The lowest BCUT2D eigenvalue weighted by Crippen LogP contribution is -2.54. The highest BCUT2D eigenvalue weighted by molar-refractivity contribution is 7.89. The lowest BCUT2D eigenvalue weighted by atomic mass is 10.1. The molecule has 1 fully saturated rings. The average molecular weight is 481 g/mol. The zero-order valence-electron chi connectivity index (χ0n) is 18.1. The van der Waals surface area contributed by atoms with Gasteiger partial charge in [0, 0.05) is 37.8 Å². The molecule has 1 saturated heterocycles. The summed E-state index contributed by atoms with van der Waals surface area (Å²) < 4.78 is 53.9. The van der Waals surface area contributed by atoms with Crippen LogP contribution in [0, 0.1) is 11.6 Å². The smallest absolute Gasteiger partial charge is 0.259 e. The molecule has 2 amide bonds. The van der Waals surface area contributed by atoms with Crippen molar-refractivity contribution in [3.63, 3.8) is 0 Å². The van der Waals surface area contributed by atoms with Crippen molar-refractivity contribution in [2.45, 2.75) is 32.6 Å². The number of nitrogens with two attached hydrogens (primary N) is 1. The number of hydrogen-bond acceptors (Lipinski definition) is 5. The molecule has 1 heterocycles. The summed E-state index contributed by atoms with van der Waals surface area (Å²) in [5.41, 5.74) is 6.94. The molecule has 2 aromatic rings. The Labute approximate surface area is 191 Å². The maximum atomic E-state index is 13.7. The van der Waals surface area contributed by atoms with Crippen molar-refractivity contribution >= 4 is 21.8 Å². The first kappa shape index (κ1) is 24.7. The molecule has 3 N–H and O–H groups in total. The molecule has 1 aliphatic rings. The number of hydrogen-bond donors (Lipinski definition) is 2. The molecule has 0 radical (unpaired) electrons. The van der Waals surface area contributed by atoms with Gasteiger partial charge >= 0.3 is 0 Å². The standard InChI is InChI=1S/C22H26F2N4O4S/c1-2-8-33(31,32)28-7-6-27(22(30)17-10-18(23)12-19(24)11-17)21(28)20(29)26-14-16-5-3-4-15(9-16)13-25/h3-5,9-12,21H,2,6-8,13-14,25H2,1H3,(H,26,29). The van der Waals surface area contributed by atoms with Crippen LogP contribution in [0.25, 0.3) is 0 Å². The second-order valence-electron chi connectivity index (χ2n) is 7.70. The summed E-state index contributed by atoms with van der Waals surface area (Å²) in [6.45, 7) is 1.89. The van der Waals surface area contributed by atoms with E-state index in [1.807, 2.05) is 6.07 Å². The second kappa shape index (κ2) is 10.4. The Bertz CT molecular complexity index is 1120. The quantitative estimate of drug-likeness (QED) is 0.596. The highest BCUT2D eigenvalue weighted by Gasteiger charge is 2.45. The fourth-order valence-electron chi connectivity index (χ4n) is 3.75. The van der Waals surface area contributed by atoms with Gasteiger partial charge in [-0.25, -0.2) is 17.2 Å². The van der Waals surface area contributed by atoms with Gasteiger partial charge in [0.2, 0.25) is 10.0 Å². The van der Waals surface area contributed by atoms with Crippen molar-refractivity contribution in [3.05, 3.63) is 70.8 Å². The van der Waals surface area contributed by atoms with Crippen LogP contribution < -0.4 is 11.1 Å². The van der Waals surface area contributed by atoms with Crippen LogP contribution in [0.4, 0.5) is 8.78 Å². The summed E-state index contributed by atoms with van der Waals surface area (Å²) in [5.74, 6) is -3.66. The lowest BCUT2D eigenvalue weighted by Gasteiger charge is -2.28. The van der Waals surface area contributed by atoms with Crippen LogP contribution in [0.15, 0.2) is 42.5 Å². The third-order valence-corrected chi connectivity index (χ3v) is 7.27. The van der Waals surface area contributed by atoms with Gasteiger partial charge in [-0.05, 0) is 29.7 Å². The zero-order chi connectivity index (χ0) is 24.2. The minimum atomic E-state index is -3.85. The Hall–Kier alpha value is -2.89. The van der Waals surface area contributed by atoms with E-state index in [1.54, 1.807) is 25.1 Å². The third kappa shape index (κ3) is 5.73. The molecule has 0 bridgehead atoms. The zero-order valence-corrected chi connectivity index (χ0v) is 18.9. The molecule has 0 spiro atoms. The van der Waals surface area contributed by atoms with Crippen molar-refractivity contribution in [1.29, 1.82) is 0 Å². The van der Waals surface area contributed by atoms with Crippen molar-refractivity contribution in [2.75, 3.05) is 18.8 Å². The van der Waals surface area contributed by atoms with E-state index in [1.165, 1.54) is 0 Å². The first-order valence-electron chi connectivity index (χ1n) is 10.5. The minimum absolute atomic E-state index is 0.0848. The minimum Gasteiger partial charge on any atom is -0.349 e. The molecule has 33 heavy (non-hydrogen) atoms. The summed E-state index contributed by atoms with van der Waals surface area (Å²) in [5, 5.41) is 2.67. The molecule has 0 saturated carbocycles. The van der Waals surface area contributed by atoms with Gasteiger partial charge in [-0.15, -0.1) is 0 Å². The summed E-state index contributed by atoms with van der Waals surface area (Å²) in [4.78, 5) is 27.2. The number of rotatable bonds is 8. The van der Waals surface area contributed by atoms with Crippen LogP contribution in [0.3, 0.4) is 0 Å². The van der Waals surface area contributed by atoms with Gasteiger partial charge in [0.25, 0.3) is 11.8 Å².